The summed E-state index contributed by atoms with van der Waals surface area (Å²) in [5.74, 6) is 0.0176. The van der Waals surface area contributed by atoms with Crippen LogP contribution in [-0.4, -0.2) is 55.0 Å². The molecule has 0 unspecified atom stereocenters. The fourth-order valence-electron chi connectivity index (χ4n) is 4.36. The molecule has 2 heterocycles. The van der Waals surface area contributed by atoms with Gasteiger partial charge < -0.3 is 24.1 Å². The summed E-state index contributed by atoms with van der Waals surface area (Å²) in [5, 5.41) is 0.997. The molecular weight excluding hydrogens is 420 g/mol. The van der Waals surface area contributed by atoms with Crippen LogP contribution in [0, 0.1) is 0 Å². The van der Waals surface area contributed by atoms with Crippen LogP contribution >= 0.6 is 11.6 Å². The number of rotatable bonds is 5. The van der Waals surface area contributed by atoms with Crippen molar-refractivity contribution in [1.82, 2.24) is 9.88 Å². The Bertz CT molecular complexity index is 1140. The first kappa shape index (κ1) is 21.1. The topological polar surface area (TPSA) is 80.9 Å². The van der Waals surface area contributed by atoms with E-state index in [4.69, 9.17) is 25.8 Å². The van der Waals surface area contributed by atoms with E-state index in [1.54, 1.807) is 26.4 Å². The van der Waals surface area contributed by atoms with Gasteiger partial charge in [-0.25, -0.2) is 4.79 Å². The highest BCUT2D eigenvalue weighted by Crippen LogP contribution is 2.44. The number of hydrogen-bond donors (Lipinski definition) is 1. The van der Waals surface area contributed by atoms with Crippen molar-refractivity contribution in [1.29, 1.82) is 0 Å². The highest BCUT2D eigenvalue weighted by molar-refractivity contribution is 6.27. The molecule has 2 aromatic carbocycles. The summed E-state index contributed by atoms with van der Waals surface area (Å²) in [6.07, 6.45) is 0.317. The first-order valence-corrected chi connectivity index (χ1v) is 10.3. The number of alkyl halides is 1. The Morgan fingerprint density at radius 2 is 1.90 bits per heavy atom. The number of carbonyl (C=O) groups is 2. The molecule has 7 nitrogen and oxygen atoms in total. The van der Waals surface area contributed by atoms with Crippen LogP contribution in [-0.2, 0) is 20.7 Å². The van der Waals surface area contributed by atoms with E-state index < -0.39 is 18.1 Å². The van der Waals surface area contributed by atoms with Crippen molar-refractivity contribution >= 4 is 34.4 Å². The van der Waals surface area contributed by atoms with Crippen LogP contribution in [0.15, 0.2) is 42.5 Å². The van der Waals surface area contributed by atoms with E-state index in [1.165, 1.54) is 12.0 Å². The van der Waals surface area contributed by atoms with Crippen LogP contribution in [0.4, 0.5) is 0 Å². The maximum Gasteiger partial charge on any atom is 0.328 e. The van der Waals surface area contributed by atoms with Crippen LogP contribution in [0.25, 0.3) is 10.9 Å². The molecule has 0 bridgehead atoms. The van der Waals surface area contributed by atoms with E-state index >= 15 is 0 Å². The summed E-state index contributed by atoms with van der Waals surface area (Å²) in [7, 11) is 4.45. The zero-order chi connectivity index (χ0) is 22.1. The van der Waals surface area contributed by atoms with Crippen molar-refractivity contribution < 1.29 is 23.8 Å². The highest BCUT2D eigenvalue weighted by atomic mass is 35.5. The number of carbonyl (C=O) groups excluding carboxylic acids is 2. The second-order valence-corrected chi connectivity index (χ2v) is 7.52. The van der Waals surface area contributed by atoms with E-state index in [2.05, 4.69) is 4.98 Å². The van der Waals surface area contributed by atoms with Crippen molar-refractivity contribution in [2.45, 2.75) is 18.5 Å². The Morgan fingerprint density at radius 3 is 2.58 bits per heavy atom. The first-order chi connectivity index (χ1) is 15.0. The molecule has 31 heavy (non-hydrogen) atoms. The lowest BCUT2D eigenvalue weighted by Crippen LogP contribution is -2.52. The van der Waals surface area contributed by atoms with Gasteiger partial charge in [0.2, 0.25) is 5.91 Å². The number of nitrogens with zero attached hydrogens (tertiary/aromatic N) is 1. The predicted molar refractivity (Wildman–Crippen MR) is 117 cm³/mol. The van der Waals surface area contributed by atoms with Crippen molar-refractivity contribution in [3.8, 4) is 11.5 Å². The SMILES string of the molecule is COC(=O)[C@H]1Cc2c([nH]c3ccccc23)[C@@H](c2cc(OC)ccc2OC)N1C(=O)CCl. The van der Waals surface area contributed by atoms with E-state index in [-0.39, 0.29) is 11.8 Å². The van der Waals surface area contributed by atoms with Crippen molar-refractivity contribution in [2.75, 3.05) is 27.2 Å². The minimum atomic E-state index is -0.830. The molecule has 0 saturated heterocycles. The second-order valence-electron chi connectivity index (χ2n) is 7.25. The monoisotopic (exact) mass is 442 g/mol. The number of methoxy groups -OCH3 is 3. The zero-order valence-electron chi connectivity index (χ0n) is 17.5. The Hall–Kier alpha value is -3.19. The van der Waals surface area contributed by atoms with E-state index in [1.807, 2.05) is 30.3 Å². The number of aromatic nitrogens is 1. The first-order valence-electron chi connectivity index (χ1n) is 9.80. The summed E-state index contributed by atoms with van der Waals surface area (Å²) >= 11 is 5.98. The van der Waals surface area contributed by atoms with E-state index in [9.17, 15) is 9.59 Å². The molecule has 1 amide bonds. The molecule has 1 N–H and O–H groups in total. The lowest BCUT2D eigenvalue weighted by Gasteiger charge is -2.41. The van der Waals surface area contributed by atoms with Crippen LogP contribution in [0.2, 0.25) is 0 Å². The van der Waals surface area contributed by atoms with Crippen molar-refractivity contribution in [3.05, 3.63) is 59.3 Å². The van der Waals surface area contributed by atoms with Gasteiger partial charge in [0.05, 0.1) is 21.3 Å². The number of hydrogen-bond acceptors (Lipinski definition) is 5. The Balaban J connectivity index is 2.03. The molecule has 2 atom stereocenters. The number of H-pyrrole nitrogens is 1. The van der Waals surface area contributed by atoms with Gasteiger partial charge in [0.25, 0.3) is 0 Å². The molecule has 0 spiro atoms. The Labute approximate surface area is 184 Å². The molecule has 162 valence electrons. The standard InChI is InChI=1S/C23H23ClN2O5/c1-29-13-8-9-19(30-2)16(10-13)22-21-15(14-6-4-5-7-17(14)25-21)11-18(23(28)31-3)26(22)20(27)12-24/h4-10,18,22,25H,11-12H2,1-3H3/t18-,22-/m1/s1. The number of ether oxygens (including phenoxy) is 3. The molecule has 0 aliphatic carbocycles. The molecule has 3 aromatic rings. The molecule has 8 heteroatoms. The molecule has 1 aliphatic heterocycles. The van der Waals surface area contributed by atoms with Crippen molar-refractivity contribution in [3.63, 3.8) is 0 Å². The summed E-state index contributed by atoms with van der Waals surface area (Å²) < 4.78 is 16.1. The number of aromatic amines is 1. The zero-order valence-corrected chi connectivity index (χ0v) is 18.2. The molecule has 0 saturated carbocycles. The third-order valence-corrected chi connectivity index (χ3v) is 5.97. The summed E-state index contributed by atoms with van der Waals surface area (Å²) in [5.41, 5.74) is 3.37. The molecule has 0 fully saturated rings. The van der Waals surface area contributed by atoms with Gasteiger partial charge in [-0.2, -0.15) is 0 Å². The van der Waals surface area contributed by atoms with E-state index in [0.717, 1.165) is 22.2 Å². The number of benzene rings is 2. The maximum atomic E-state index is 13.1. The quantitative estimate of drug-likeness (QED) is 0.483. The molecule has 1 aliphatic rings. The summed E-state index contributed by atoms with van der Waals surface area (Å²) in [6, 6.07) is 11.7. The van der Waals surface area contributed by atoms with Crippen LogP contribution in [0.3, 0.4) is 0 Å². The lowest BCUT2D eigenvalue weighted by atomic mass is 9.87. The van der Waals surface area contributed by atoms with Gasteiger partial charge in [0, 0.05) is 28.6 Å². The third-order valence-electron chi connectivity index (χ3n) is 5.74. The number of nitrogens with one attached hydrogen (secondary N) is 1. The second kappa shape index (κ2) is 8.51. The maximum absolute atomic E-state index is 13.1. The summed E-state index contributed by atoms with van der Waals surface area (Å²) in [4.78, 5) is 30.8. The normalized spacial score (nSPS) is 17.9. The largest absolute Gasteiger partial charge is 0.497 e. The molecule has 0 radical (unpaired) electrons. The van der Waals surface area contributed by atoms with Gasteiger partial charge in [-0.3, -0.25) is 4.79 Å². The fourth-order valence-corrected chi connectivity index (χ4v) is 4.50. The highest BCUT2D eigenvalue weighted by Gasteiger charge is 2.44. The average Bonchev–Trinajstić information content (AvgIpc) is 3.19. The predicted octanol–water partition coefficient (Wildman–Crippen LogP) is 3.44. The van der Waals surface area contributed by atoms with Crippen LogP contribution in [0.5, 0.6) is 11.5 Å². The fraction of sp³-hybridized carbons (Fsp3) is 0.304. The Morgan fingerprint density at radius 1 is 1.13 bits per heavy atom. The van der Waals surface area contributed by atoms with E-state index in [0.29, 0.717) is 23.5 Å². The van der Waals surface area contributed by atoms with Gasteiger partial charge >= 0.3 is 5.97 Å². The molecule has 1 aromatic heterocycles. The summed E-state index contributed by atoms with van der Waals surface area (Å²) in [6.45, 7) is 0. The van der Waals surface area contributed by atoms with Crippen molar-refractivity contribution in [2.24, 2.45) is 0 Å². The third kappa shape index (κ3) is 3.49. The number of fused-ring (bicyclic) bond motifs is 3. The average molecular weight is 443 g/mol. The lowest BCUT2D eigenvalue weighted by molar-refractivity contribution is -0.154. The van der Waals surface area contributed by atoms with Gasteiger partial charge in [-0.1, -0.05) is 18.2 Å². The number of halogens is 1. The smallest absolute Gasteiger partial charge is 0.328 e. The van der Waals surface area contributed by atoms with Crippen LogP contribution < -0.4 is 9.47 Å². The molecule has 4 rings (SSSR count). The number of para-hydroxylation sites is 1. The van der Waals surface area contributed by atoms with Crippen LogP contribution in [0.1, 0.15) is 22.9 Å². The van der Waals surface area contributed by atoms with Gasteiger partial charge in [0.1, 0.15) is 29.5 Å². The minimum absolute atomic E-state index is 0.272. The number of esters is 1. The van der Waals surface area contributed by atoms with Gasteiger partial charge in [0.15, 0.2) is 0 Å². The van der Waals surface area contributed by atoms with Gasteiger partial charge in [-0.05, 0) is 29.8 Å². The minimum Gasteiger partial charge on any atom is -0.497 e. The number of amides is 1. The molecular formula is C23H23ClN2O5. The Kier molecular flexibility index (Phi) is 5.78. The van der Waals surface area contributed by atoms with Gasteiger partial charge in [-0.15, -0.1) is 11.6 Å².